The molecule has 2 heteroatoms. The third kappa shape index (κ3) is 2.36. The van der Waals surface area contributed by atoms with Crippen molar-refractivity contribution in [3.63, 3.8) is 0 Å². The largest absolute Gasteiger partial charge is 0.294 e. The fourth-order valence-corrected chi connectivity index (χ4v) is 1.61. The maximum Gasteiger partial charge on any atom is 0.161 e. The summed E-state index contributed by atoms with van der Waals surface area (Å²) in [5.41, 5.74) is 1.81. The molecule has 0 amide bonds. The third-order valence-electron chi connectivity index (χ3n) is 2.55. The van der Waals surface area contributed by atoms with E-state index in [0.29, 0.717) is 16.5 Å². The van der Waals surface area contributed by atoms with Crippen LogP contribution in [0.2, 0.25) is 5.02 Å². The number of carbonyl (C=O) groups excluding carboxylic acids is 1. The van der Waals surface area contributed by atoms with Gasteiger partial charge in [0.2, 0.25) is 0 Å². The lowest BCUT2D eigenvalue weighted by molar-refractivity contribution is 0.101. The summed E-state index contributed by atoms with van der Waals surface area (Å²) in [6, 6.07) is 5.70. The van der Waals surface area contributed by atoms with E-state index in [2.05, 4.69) is 13.8 Å². The predicted molar refractivity (Wildman–Crippen MR) is 60.2 cm³/mol. The highest BCUT2D eigenvalue weighted by Gasteiger charge is 2.09. The number of benzene rings is 1. The van der Waals surface area contributed by atoms with E-state index in [1.807, 2.05) is 12.1 Å². The molecule has 0 aliphatic carbocycles. The molecule has 0 spiro atoms. The highest BCUT2D eigenvalue weighted by atomic mass is 35.5. The first-order valence-corrected chi connectivity index (χ1v) is 5.24. The lowest BCUT2D eigenvalue weighted by atomic mass is 9.96. The van der Waals surface area contributed by atoms with E-state index >= 15 is 0 Å². The van der Waals surface area contributed by atoms with Crippen molar-refractivity contribution < 1.29 is 4.79 Å². The molecule has 14 heavy (non-hydrogen) atoms. The summed E-state index contributed by atoms with van der Waals surface area (Å²) in [6.45, 7) is 5.82. The smallest absolute Gasteiger partial charge is 0.161 e. The molecule has 0 bridgehead atoms. The van der Waals surface area contributed by atoms with Gasteiger partial charge in [-0.2, -0.15) is 0 Å². The van der Waals surface area contributed by atoms with Gasteiger partial charge >= 0.3 is 0 Å². The minimum atomic E-state index is 0.0279. The summed E-state index contributed by atoms with van der Waals surface area (Å²) in [7, 11) is 0. The minimum Gasteiger partial charge on any atom is -0.294 e. The van der Waals surface area contributed by atoms with Crippen LogP contribution in [0, 0.1) is 0 Å². The summed E-state index contributed by atoms with van der Waals surface area (Å²) < 4.78 is 0. The average molecular weight is 211 g/mol. The molecule has 0 N–H and O–H groups in total. The molecule has 0 saturated carbocycles. The topological polar surface area (TPSA) is 17.1 Å². The van der Waals surface area contributed by atoms with Gasteiger partial charge in [0.1, 0.15) is 0 Å². The number of Topliss-reactive ketones (excluding diaryl/α,β-unsaturated/α-hetero) is 1. The number of carbonyl (C=O) groups is 1. The van der Waals surface area contributed by atoms with Crippen LogP contribution in [-0.4, -0.2) is 5.78 Å². The fourth-order valence-electron chi connectivity index (χ4n) is 1.35. The van der Waals surface area contributed by atoms with Crippen molar-refractivity contribution in [3.05, 3.63) is 34.3 Å². The molecule has 1 atom stereocenters. The van der Waals surface area contributed by atoms with Crippen LogP contribution in [0.15, 0.2) is 18.2 Å². The molecule has 1 aromatic carbocycles. The molecular formula is C12H15ClO. The summed E-state index contributed by atoms with van der Waals surface area (Å²) in [5, 5.41) is 0.546. The zero-order valence-electron chi connectivity index (χ0n) is 8.80. The average Bonchev–Trinajstić information content (AvgIpc) is 2.17. The van der Waals surface area contributed by atoms with Crippen molar-refractivity contribution in [2.24, 2.45) is 0 Å². The number of hydrogen-bond donors (Lipinski definition) is 0. The Hall–Kier alpha value is -0.820. The van der Waals surface area contributed by atoms with Crippen LogP contribution >= 0.6 is 11.6 Å². The van der Waals surface area contributed by atoms with Crippen LogP contribution in [0.1, 0.15) is 49.0 Å². The molecule has 0 aromatic heterocycles. The van der Waals surface area contributed by atoms with Crippen LogP contribution in [0.5, 0.6) is 0 Å². The molecule has 0 radical (unpaired) electrons. The first-order chi connectivity index (χ1) is 6.56. The van der Waals surface area contributed by atoms with Crippen LogP contribution in [0.3, 0.4) is 0 Å². The Balaban J connectivity index is 3.12. The predicted octanol–water partition coefficient (Wildman–Crippen LogP) is 4.06. The van der Waals surface area contributed by atoms with Gasteiger partial charge < -0.3 is 0 Å². The maximum atomic E-state index is 11.2. The zero-order chi connectivity index (χ0) is 10.7. The van der Waals surface area contributed by atoms with Crippen molar-refractivity contribution in [2.75, 3.05) is 0 Å². The van der Waals surface area contributed by atoms with E-state index < -0.39 is 0 Å². The zero-order valence-corrected chi connectivity index (χ0v) is 9.56. The second-order valence-corrected chi connectivity index (χ2v) is 4.01. The fraction of sp³-hybridized carbons (Fsp3) is 0.417. The van der Waals surface area contributed by atoms with E-state index in [-0.39, 0.29) is 5.78 Å². The maximum absolute atomic E-state index is 11.2. The second kappa shape index (κ2) is 4.61. The molecule has 0 saturated heterocycles. The van der Waals surface area contributed by atoms with Gasteiger partial charge in [-0.3, -0.25) is 4.79 Å². The number of rotatable bonds is 3. The van der Waals surface area contributed by atoms with Crippen molar-refractivity contribution in [3.8, 4) is 0 Å². The summed E-state index contributed by atoms with van der Waals surface area (Å²) in [6.07, 6.45) is 1.07. The van der Waals surface area contributed by atoms with E-state index in [0.717, 1.165) is 6.42 Å². The summed E-state index contributed by atoms with van der Waals surface area (Å²) in [5.74, 6) is 0.505. The van der Waals surface area contributed by atoms with Gasteiger partial charge in [0.15, 0.2) is 5.78 Å². The number of halogens is 1. The van der Waals surface area contributed by atoms with Gasteiger partial charge in [0, 0.05) is 5.56 Å². The second-order valence-electron chi connectivity index (χ2n) is 3.60. The molecule has 1 unspecified atom stereocenters. The molecule has 0 aliphatic heterocycles. The Morgan fingerprint density at radius 2 is 2.14 bits per heavy atom. The Morgan fingerprint density at radius 3 is 2.64 bits per heavy atom. The third-order valence-corrected chi connectivity index (χ3v) is 2.88. The van der Waals surface area contributed by atoms with Gasteiger partial charge in [-0.25, -0.2) is 0 Å². The van der Waals surface area contributed by atoms with Crippen molar-refractivity contribution in [1.82, 2.24) is 0 Å². The Morgan fingerprint density at radius 1 is 1.50 bits per heavy atom. The van der Waals surface area contributed by atoms with Crippen molar-refractivity contribution in [2.45, 2.75) is 33.1 Å². The molecular weight excluding hydrogens is 196 g/mol. The Labute approximate surface area is 90.1 Å². The molecule has 0 heterocycles. The van der Waals surface area contributed by atoms with E-state index in [9.17, 15) is 4.79 Å². The lowest BCUT2D eigenvalue weighted by Gasteiger charge is -2.10. The Bertz CT molecular complexity index is 344. The van der Waals surface area contributed by atoms with Crippen LogP contribution in [0.4, 0.5) is 0 Å². The normalized spacial score (nSPS) is 12.6. The van der Waals surface area contributed by atoms with Gasteiger partial charge in [0.25, 0.3) is 0 Å². The van der Waals surface area contributed by atoms with Crippen LogP contribution < -0.4 is 0 Å². The SMILES string of the molecule is CCC(C)c1ccc(Cl)c(C(C)=O)c1. The van der Waals surface area contributed by atoms with Gasteiger partial charge in [-0.05, 0) is 37.0 Å². The van der Waals surface area contributed by atoms with Gasteiger partial charge in [-0.1, -0.05) is 31.5 Å². The Kier molecular flexibility index (Phi) is 3.70. The van der Waals surface area contributed by atoms with E-state index in [1.54, 1.807) is 13.0 Å². The molecule has 76 valence electrons. The molecule has 0 aliphatic rings. The van der Waals surface area contributed by atoms with Crippen LogP contribution in [-0.2, 0) is 0 Å². The quantitative estimate of drug-likeness (QED) is 0.688. The van der Waals surface area contributed by atoms with E-state index in [1.165, 1.54) is 5.56 Å². The number of ketones is 1. The lowest BCUT2D eigenvalue weighted by Crippen LogP contribution is -1.98. The monoisotopic (exact) mass is 210 g/mol. The molecule has 1 aromatic rings. The summed E-state index contributed by atoms with van der Waals surface area (Å²) in [4.78, 5) is 11.2. The molecule has 0 fully saturated rings. The highest BCUT2D eigenvalue weighted by Crippen LogP contribution is 2.24. The van der Waals surface area contributed by atoms with Crippen molar-refractivity contribution in [1.29, 1.82) is 0 Å². The first kappa shape index (κ1) is 11.3. The molecule has 1 rings (SSSR count). The first-order valence-electron chi connectivity index (χ1n) is 4.86. The number of hydrogen-bond acceptors (Lipinski definition) is 1. The molecule has 1 nitrogen and oxygen atoms in total. The van der Waals surface area contributed by atoms with E-state index in [4.69, 9.17) is 11.6 Å². The van der Waals surface area contributed by atoms with Crippen LogP contribution in [0.25, 0.3) is 0 Å². The van der Waals surface area contributed by atoms with Gasteiger partial charge in [0.05, 0.1) is 5.02 Å². The summed E-state index contributed by atoms with van der Waals surface area (Å²) >= 11 is 5.92. The standard InChI is InChI=1S/C12H15ClO/c1-4-8(2)10-5-6-12(13)11(7-10)9(3)14/h5-8H,4H2,1-3H3. The highest BCUT2D eigenvalue weighted by molar-refractivity contribution is 6.33. The van der Waals surface area contributed by atoms with Crippen molar-refractivity contribution >= 4 is 17.4 Å². The van der Waals surface area contributed by atoms with Gasteiger partial charge in [-0.15, -0.1) is 0 Å². The minimum absolute atomic E-state index is 0.0279.